The van der Waals surface area contributed by atoms with E-state index in [1.807, 2.05) is 37.4 Å². The zero-order valence-electron chi connectivity index (χ0n) is 10.7. The van der Waals surface area contributed by atoms with E-state index in [9.17, 15) is 0 Å². The van der Waals surface area contributed by atoms with Crippen LogP contribution < -0.4 is 14.8 Å². The highest BCUT2D eigenvalue weighted by Gasteiger charge is 2.13. The molecular weight excluding hydrogens is 228 g/mol. The molecule has 4 nitrogen and oxygen atoms in total. The van der Waals surface area contributed by atoms with Crippen molar-refractivity contribution in [2.24, 2.45) is 0 Å². The molecule has 0 aliphatic rings. The first-order chi connectivity index (χ1) is 8.80. The number of nitrogens with one attached hydrogen (secondary N) is 1. The van der Waals surface area contributed by atoms with E-state index < -0.39 is 0 Å². The molecule has 2 rings (SSSR count). The fourth-order valence-corrected chi connectivity index (χ4v) is 1.83. The van der Waals surface area contributed by atoms with Gasteiger partial charge in [0.15, 0.2) is 0 Å². The molecule has 0 radical (unpaired) electrons. The average Bonchev–Trinajstić information content (AvgIpc) is 2.46. The van der Waals surface area contributed by atoms with Gasteiger partial charge in [0, 0.05) is 18.9 Å². The maximum absolute atomic E-state index is 5.38. The Morgan fingerprint density at radius 3 is 2.28 bits per heavy atom. The van der Waals surface area contributed by atoms with E-state index in [1.54, 1.807) is 20.4 Å². The largest absolute Gasteiger partial charge is 0.496 e. The van der Waals surface area contributed by atoms with Crippen molar-refractivity contribution in [1.29, 1.82) is 0 Å². The van der Waals surface area contributed by atoms with Crippen molar-refractivity contribution < 1.29 is 9.47 Å². The normalized spacial score (nSPS) is 9.94. The van der Waals surface area contributed by atoms with E-state index in [-0.39, 0.29) is 0 Å². The van der Waals surface area contributed by atoms with Gasteiger partial charge in [0.05, 0.1) is 25.5 Å². The maximum Gasteiger partial charge on any atom is 0.132 e. The van der Waals surface area contributed by atoms with E-state index in [0.717, 1.165) is 28.4 Å². The fourth-order valence-electron chi connectivity index (χ4n) is 1.83. The molecule has 1 aromatic heterocycles. The molecular formula is C14H16N2O2. The number of methoxy groups -OCH3 is 2. The lowest BCUT2D eigenvalue weighted by atomic mass is 10.1. The van der Waals surface area contributed by atoms with E-state index in [1.165, 1.54) is 0 Å². The maximum atomic E-state index is 5.38. The van der Waals surface area contributed by atoms with Crippen LogP contribution in [0, 0.1) is 0 Å². The van der Waals surface area contributed by atoms with Crippen LogP contribution in [0.3, 0.4) is 0 Å². The zero-order chi connectivity index (χ0) is 13.0. The van der Waals surface area contributed by atoms with Crippen LogP contribution in [0.2, 0.25) is 0 Å². The van der Waals surface area contributed by atoms with Crippen LogP contribution in [0.4, 0.5) is 5.69 Å². The SMILES string of the molecule is CNc1ccnc(-c2c(OC)cccc2OC)c1. The van der Waals surface area contributed by atoms with Crippen molar-refractivity contribution in [2.75, 3.05) is 26.6 Å². The lowest BCUT2D eigenvalue weighted by Crippen LogP contribution is -1.96. The molecule has 0 aliphatic carbocycles. The Morgan fingerprint density at radius 2 is 1.72 bits per heavy atom. The molecule has 0 unspecified atom stereocenters. The molecule has 0 atom stereocenters. The van der Waals surface area contributed by atoms with Gasteiger partial charge in [-0.3, -0.25) is 4.98 Å². The minimum absolute atomic E-state index is 0.745. The Kier molecular flexibility index (Phi) is 3.67. The number of anilines is 1. The molecule has 0 aliphatic heterocycles. The summed E-state index contributed by atoms with van der Waals surface area (Å²) in [5.74, 6) is 1.49. The predicted molar refractivity (Wildman–Crippen MR) is 72.3 cm³/mol. The summed E-state index contributed by atoms with van der Waals surface area (Å²) in [6.07, 6.45) is 1.76. The van der Waals surface area contributed by atoms with E-state index >= 15 is 0 Å². The van der Waals surface area contributed by atoms with Crippen molar-refractivity contribution in [3.8, 4) is 22.8 Å². The van der Waals surface area contributed by atoms with Crippen molar-refractivity contribution in [2.45, 2.75) is 0 Å². The van der Waals surface area contributed by atoms with Gasteiger partial charge in [-0.15, -0.1) is 0 Å². The first-order valence-corrected chi connectivity index (χ1v) is 5.65. The number of benzene rings is 1. The van der Waals surface area contributed by atoms with E-state index in [4.69, 9.17) is 9.47 Å². The van der Waals surface area contributed by atoms with Gasteiger partial charge in [0.25, 0.3) is 0 Å². The molecule has 0 saturated carbocycles. The summed E-state index contributed by atoms with van der Waals surface area (Å²) in [5, 5.41) is 3.09. The first-order valence-electron chi connectivity index (χ1n) is 5.65. The molecule has 1 heterocycles. The molecule has 1 aromatic carbocycles. The molecule has 1 N–H and O–H groups in total. The number of nitrogens with zero attached hydrogens (tertiary/aromatic N) is 1. The lowest BCUT2D eigenvalue weighted by molar-refractivity contribution is 0.397. The number of rotatable bonds is 4. The molecule has 18 heavy (non-hydrogen) atoms. The Labute approximate surface area is 107 Å². The third kappa shape index (κ3) is 2.22. The number of hydrogen-bond donors (Lipinski definition) is 1. The third-order valence-corrected chi connectivity index (χ3v) is 2.73. The zero-order valence-corrected chi connectivity index (χ0v) is 10.7. The first kappa shape index (κ1) is 12.2. The van der Waals surface area contributed by atoms with Gasteiger partial charge < -0.3 is 14.8 Å². The van der Waals surface area contributed by atoms with Crippen molar-refractivity contribution in [1.82, 2.24) is 4.98 Å². The number of pyridine rings is 1. The molecule has 4 heteroatoms. The molecule has 2 aromatic rings. The minimum atomic E-state index is 0.745. The Hall–Kier alpha value is -2.23. The number of aromatic nitrogens is 1. The van der Waals surface area contributed by atoms with Crippen LogP contribution in [0.1, 0.15) is 0 Å². The Morgan fingerprint density at radius 1 is 1.06 bits per heavy atom. The van der Waals surface area contributed by atoms with Gasteiger partial charge in [0.1, 0.15) is 11.5 Å². The van der Waals surface area contributed by atoms with Crippen LogP contribution in [0.15, 0.2) is 36.5 Å². The lowest BCUT2D eigenvalue weighted by Gasteiger charge is -2.13. The highest BCUT2D eigenvalue weighted by molar-refractivity contribution is 5.76. The summed E-state index contributed by atoms with van der Waals surface area (Å²) in [7, 11) is 5.15. The van der Waals surface area contributed by atoms with Gasteiger partial charge in [-0.1, -0.05) is 6.07 Å². The van der Waals surface area contributed by atoms with Crippen molar-refractivity contribution in [3.63, 3.8) is 0 Å². The molecule has 0 amide bonds. The van der Waals surface area contributed by atoms with Gasteiger partial charge in [-0.05, 0) is 24.3 Å². The van der Waals surface area contributed by atoms with Crippen molar-refractivity contribution >= 4 is 5.69 Å². The topological polar surface area (TPSA) is 43.4 Å². The number of hydrogen-bond acceptors (Lipinski definition) is 4. The standard InChI is InChI=1S/C14H16N2O2/c1-15-10-7-8-16-11(9-10)14-12(17-2)5-4-6-13(14)18-3/h4-9H,1-3H3,(H,15,16). The highest BCUT2D eigenvalue weighted by atomic mass is 16.5. The Bertz CT molecular complexity index is 519. The summed E-state index contributed by atoms with van der Waals surface area (Å²) in [5.41, 5.74) is 2.67. The second-order valence-electron chi connectivity index (χ2n) is 3.72. The molecule has 0 fully saturated rings. The summed E-state index contributed by atoms with van der Waals surface area (Å²) >= 11 is 0. The summed E-state index contributed by atoms with van der Waals surface area (Å²) in [6, 6.07) is 9.55. The van der Waals surface area contributed by atoms with Gasteiger partial charge in [-0.2, -0.15) is 0 Å². The molecule has 0 spiro atoms. The quantitative estimate of drug-likeness (QED) is 0.898. The summed E-state index contributed by atoms with van der Waals surface area (Å²) in [6.45, 7) is 0. The smallest absolute Gasteiger partial charge is 0.132 e. The molecule has 94 valence electrons. The number of ether oxygens (including phenoxy) is 2. The van der Waals surface area contributed by atoms with Crippen LogP contribution in [0.25, 0.3) is 11.3 Å². The third-order valence-electron chi connectivity index (χ3n) is 2.73. The van der Waals surface area contributed by atoms with Crippen LogP contribution in [0.5, 0.6) is 11.5 Å². The van der Waals surface area contributed by atoms with Crippen LogP contribution in [-0.2, 0) is 0 Å². The Balaban J connectivity index is 2.60. The van der Waals surface area contributed by atoms with E-state index in [0.29, 0.717) is 0 Å². The second kappa shape index (κ2) is 5.40. The van der Waals surface area contributed by atoms with Crippen molar-refractivity contribution in [3.05, 3.63) is 36.5 Å². The summed E-state index contributed by atoms with van der Waals surface area (Å²) < 4.78 is 10.8. The van der Waals surface area contributed by atoms with Gasteiger partial charge in [0.2, 0.25) is 0 Å². The van der Waals surface area contributed by atoms with Crippen LogP contribution in [-0.4, -0.2) is 26.3 Å². The van der Waals surface area contributed by atoms with Gasteiger partial charge in [-0.25, -0.2) is 0 Å². The van der Waals surface area contributed by atoms with Crippen LogP contribution >= 0.6 is 0 Å². The molecule has 0 saturated heterocycles. The summed E-state index contributed by atoms with van der Waals surface area (Å²) in [4.78, 5) is 4.37. The minimum Gasteiger partial charge on any atom is -0.496 e. The average molecular weight is 244 g/mol. The molecule has 0 bridgehead atoms. The predicted octanol–water partition coefficient (Wildman–Crippen LogP) is 2.81. The second-order valence-corrected chi connectivity index (χ2v) is 3.72. The highest BCUT2D eigenvalue weighted by Crippen LogP contribution is 2.37. The van der Waals surface area contributed by atoms with E-state index in [2.05, 4.69) is 10.3 Å². The fraction of sp³-hybridized carbons (Fsp3) is 0.214. The monoisotopic (exact) mass is 244 g/mol. The van der Waals surface area contributed by atoms with Gasteiger partial charge >= 0.3 is 0 Å².